The van der Waals surface area contributed by atoms with Gasteiger partial charge in [0, 0.05) is 6.20 Å². The second-order valence-electron chi connectivity index (χ2n) is 3.41. The molecule has 0 aromatic carbocycles. The van der Waals surface area contributed by atoms with E-state index in [-0.39, 0.29) is 6.04 Å². The molecule has 2 aromatic rings. The lowest BCUT2D eigenvalue weighted by Crippen LogP contribution is -2.11. The summed E-state index contributed by atoms with van der Waals surface area (Å²) in [7, 11) is 0. The number of fused-ring (bicyclic) bond motifs is 1. The standard InChI is InChI=1S/C10H14N4/c1-2-3-7(11)10-13-8-4-5-12-6-9(8)14-10/h4-7H,2-3,11H2,1H3,(H,13,14). The SMILES string of the molecule is CCCC(N)c1nc2ccncc2[nH]1. The normalized spacial score (nSPS) is 13.3. The van der Waals surface area contributed by atoms with Crippen LogP contribution in [-0.2, 0) is 0 Å². The van der Waals surface area contributed by atoms with Crippen LogP contribution in [0.25, 0.3) is 11.0 Å². The van der Waals surface area contributed by atoms with Gasteiger partial charge in [-0.15, -0.1) is 0 Å². The molecule has 74 valence electrons. The summed E-state index contributed by atoms with van der Waals surface area (Å²) in [4.78, 5) is 11.6. The fourth-order valence-electron chi connectivity index (χ4n) is 1.50. The fourth-order valence-corrected chi connectivity index (χ4v) is 1.50. The minimum Gasteiger partial charge on any atom is -0.339 e. The molecule has 1 atom stereocenters. The van der Waals surface area contributed by atoms with Gasteiger partial charge in [-0.1, -0.05) is 13.3 Å². The molecule has 0 saturated carbocycles. The molecule has 0 fully saturated rings. The number of imidazole rings is 1. The van der Waals surface area contributed by atoms with Crippen molar-refractivity contribution in [3.8, 4) is 0 Å². The highest BCUT2D eigenvalue weighted by Gasteiger charge is 2.09. The number of nitrogens with zero attached hydrogens (tertiary/aromatic N) is 2. The third kappa shape index (κ3) is 1.61. The molecule has 2 aromatic heterocycles. The third-order valence-corrected chi connectivity index (χ3v) is 2.25. The average molecular weight is 190 g/mol. The quantitative estimate of drug-likeness (QED) is 0.774. The van der Waals surface area contributed by atoms with E-state index in [1.165, 1.54) is 0 Å². The van der Waals surface area contributed by atoms with Gasteiger partial charge in [0.2, 0.25) is 0 Å². The van der Waals surface area contributed by atoms with E-state index < -0.39 is 0 Å². The molecule has 0 radical (unpaired) electrons. The Kier molecular flexibility index (Phi) is 2.45. The van der Waals surface area contributed by atoms with Gasteiger partial charge in [-0.25, -0.2) is 4.98 Å². The molecule has 2 rings (SSSR count). The molecule has 3 N–H and O–H groups in total. The highest BCUT2D eigenvalue weighted by Crippen LogP contribution is 2.16. The van der Waals surface area contributed by atoms with E-state index in [0.717, 1.165) is 29.7 Å². The molecular weight excluding hydrogens is 176 g/mol. The van der Waals surface area contributed by atoms with Gasteiger partial charge in [0.1, 0.15) is 5.82 Å². The Morgan fingerprint density at radius 3 is 3.14 bits per heavy atom. The molecule has 0 amide bonds. The van der Waals surface area contributed by atoms with Crippen LogP contribution in [0.5, 0.6) is 0 Å². The van der Waals surface area contributed by atoms with Crippen molar-refractivity contribution < 1.29 is 0 Å². The second-order valence-corrected chi connectivity index (χ2v) is 3.41. The van der Waals surface area contributed by atoms with E-state index in [4.69, 9.17) is 5.73 Å². The smallest absolute Gasteiger partial charge is 0.124 e. The van der Waals surface area contributed by atoms with Crippen molar-refractivity contribution in [3.63, 3.8) is 0 Å². The Labute approximate surface area is 82.6 Å². The predicted molar refractivity (Wildman–Crippen MR) is 55.7 cm³/mol. The number of aromatic nitrogens is 3. The molecule has 4 nitrogen and oxygen atoms in total. The lowest BCUT2D eigenvalue weighted by Gasteiger charge is -2.04. The summed E-state index contributed by atoms with van der Waals surface area (Å²) in [6.45, 7) is 2.12. The van der Waals surface area contributed by atoms with E-state index >= 15 is 0 Å². The highest BCUT2D eigenvalue weighted by atomic mass is 15.0. The largest absolute Gasteiger partial charge is 0.339 e. The first-order valence-electron chi connectivity index (χ1n) is 4.86. The number of aromatic amines is 1. The predicted octanol–water partition coefficient (Wildman–Crippen LogP) is 1.76. The molecule has 0 spiro atoms. The zero-order valence-corrected chi connectivity index (χ0v) is 8.20. The van der Waals surface area contributed by atoms with Crippen molar-refractivity contribution in [1.82, 2.24) is 15.0 Å². The summed E-state index contributed by atoms with van der Waals surface area (Å²) in [6.07, 6.45) is 5.52. The Morgan fingerprint density at radius 1 is 1.57 bits per heavy atom. The lowest BCUT2D eigenvalue weighted by molar-refractivity contribution is 0.610. The maximum absolute atomic E-state index is 5.96. The summed E-state index contributed by atoms with van der Waals surface area (Å²) < 4.78 is 0. The van der Waals surface area contributed by atoms with E-state index in [1.807, 2.05) is 6.07 Å². The first kappa shape index (κ1) is 9.15. The molecule has 0 bridgehead atoms. The number of H-pyrrole nitrogens is 1. The summed E-state index contributed by atoms with van der Waals surface area (Å²) in [5.74, 6) is 0.856. The first-order chi connectivity index (χ1) is 6.81. The minimum absolute atomic E-state index is 0.00685. The van der Waals surface area contributed by atoms with Gasteiger partial charge >= 0.3 is 0 Å². The average Bonchev–Trinajstić information content (AvgIpc) is 2.61. The topological polar surface area (TPSA) is 67.6 Å². The number of pyridine rings is 1. The van der Waals surface area contributed by atoms with Crippen LogP contribution in [0.1, 0.15) is 31.6 Å². The molecule has 4 heteroatoms. The molecule has 0 aliphatic carbocycles. The highest BCUT2D eigenvalue weighted by molar-refractivity contribution is 5.73. The molecular formula is C10H14N4. The first-order valence-corrected chi connectivity index (χ1v) is 4.86. The maximum atomic E-state index is 5.96. The molecule has 2 heterocycles. The number of hydrogen-bond donors (Lipinski definition) is 2. The van der Waals surface area contributed by atoms with Crippen LogP contribution in [0.2, 0.25) is 0 Å². The summed E-state index contributed by atoms with van der Waals surface area (Å²) in [5.41, 5.74) is 7.84. The van der Waals surface area contributed by atoms with Gasteiger partial charge in [0.15, 0.2) is 0 Å². The molecule has 14 heavy (non-hydrogen) atoms. The number of nitrogens with two attached hydrogens (primary N) is 1. The van der Waals surface area contributed by atoms with E-state index in [9.17, 15) is 0 Å². The number of hydrogen-bond acceptors (Lipinski definition) is 3. The summed E-state index contributed by atoms with van der Waals surface area (Å²) in [6, 6.07) is 1.89. The van der Waals surface area contributed by atoms with E-state index in [2.05, 4.69) is 21.9 Å². The van der Waals surface area contributed by atoms with Crippen molar-refractivity contribution in [2.24, 2.45) is 5.73 Å². The molecule has 0 aliphatic heterocycles. The van der Waals surface area contributed by atoms with Crippen molar-refractivity contribution >= 4 is 11.0 Å². The zero-order chi connectivity index (χ0) is 9.97. The fraction of sp³-hybridized carbons (Fsp3) is 0.400. The molecule has 1 unspecified atom stereocenters. The second kappa shape index (κ2) is 3.75. The monoisotopic (exact) mass is 190 g/mol. The van der Waals surface area contributed by atoms with Gasteiger partial charge in [-0.3, -0.25) is 4.98 Å². The van der Waals surface area contributed by atoms with Gasteiger partial charge in [-0.05, 0) is 12.5 Å². The summed E-state index contributed by atoms with van der Waals surface area (Å²) in [5, 5.41) is 0. The van der Waals surface area contributed by atoms with Gasteiger partial charge in [0.05, 0.1) is 23.3 Å². The number of rotatable bonds is 3. The molecule has 0 aliphatic rings. The Morgan fingerprint density at radius 2 is 2.43 bits per heavy atom. The summed E-state index contributed by atoms with van der Waals surface area (Å²) >= 11 is 0. The van der Waals surface area contributed by atoms with Gasteiger partial charge in [-0.2, -0.15) is 0 Å². The minimum atomic E-state index is 0.00685. The van der Waals surface area contributed by atoms with Crippen LogP contribution in [0.4, 0.5) is 0 Å². The van der Waals surface area contributed by atoms with Gasteiger partial charge in [0.25, 0.3) is 0 Å². The van der Waals surface area contributed by atoms with Crippen molar-refractivity contribution in [2.75, 3.05) is 0 Å². The van der Waals surface area contributed by atoms with Crippen LogP contribution in [0.3, 0.4) is 0 Å². The number of nitrogens with one attached hydrogen (secondary N) is 1. The van der Waals surface area contributed by atoms with Crippen LogP contribution < -0.4 is 5.73 Å². The van der Waals surface area contributed by atoms with Gasteiger partial charge < -0.3 is 10.7 Å². The maximum Gasteiger partial charge on any atom is 0.124 e. The van der Waals surface area contributed by atoms with Crippen LogP contribution >= 0.6 is 0 Å². The zero-order valence-electron chi connectivity index (χ0n) is 8.20. The van der Waals surface area contributed by atoms with E-state index in [1.54, 1.807) is 12.4 Å². The van der Waals surface area contributed by atoms with E-state index in [0.29, 0.717) is 0 Å². The Hall–Kier alpha value is -1.42. The van der Waals surface area contributed by atoms with Crippen LogP contribution in [0.15, 0.2) is 18.5 Å². The molecule has 0 saturated heterocycles. The van der Waals surface area contributed by atoms with Crippen LogP contribution in [-0.4, -0.2) is 15.0 Å². The lowest BCUT2D eigenvalue weighted by atomic mass is 10.2. The van der Waals surface area contributed by atoms with Crippen LogP contribution in [0, 0.1) is 0 Å². The Balaban J connectivity index is 2.35. The third-order valence-electron chi connectivity index (χ3n) is 2.25. The van der Waals surface area contributed by atoms with Crippen molar-refractivity contribution in [1.29, 1.82) is 0 Å². The Bertz CT molecular complexity index is 388. The van der Waals surface area contributed by atoms with Crippen molar-refractivity contribution in [3.05, 3.63) is 24.3 Å². The van der Waals surface area contributed by atoms with Crippen molar-refractivity contribution in [2.45, 2.75) is 25.8 Å².